The molecule has 0 aliphatic heterocycles. The topological polar surface area (TPSA) is 77.2 Å². The summed E-state index contributed by atoms with van der Waals surface area (Å²) in [7, 11) is 0. The van der Waals surface area contributed by atoms with Crippen LogP contribution >= 0.6 is 0 Å². The summed E-state index contributed by atoms with van der Waals surface area (Å²) >= 11 is 0. The van der Waals surface area contributed by atoms with Gasteiger partial charge in [-0.1, -0.05) is 36.4 Å². The molecule has 1 aromatic heterocycles. The number of fused-ring (bicyclic) bond motifs is 3. The maximum Gasteiger partial charge on any atom is 0.341 e. The average Bonchev–Trinajstić information content (AvgIpc) is 2.53. The smallest absolute Gasteiger partial charge is 0.341 e. The van der Waals surface area contributed by atoms with Gasteiger partial charge < -0.3 is 10.2 Å². The number of anilines is 1. The molecule has 0 bridgehead atoms. The average molecular weight is 281 g/mol. The lowest BCUT2D eigenvalue weighted by Gasteiger charge is -2.12. The van der Waals surface area contributed by atoms with Gasteiger partial charge in [-0.05, 0) is 12.3 Å². The Hall–Kier alpha value is -2.66. The van der Waals surface area contributed by atoms with E-state index >= 15 is 0 Å². The number of carbonyl (C=O) groups excluding carboxylic acids is 1. The SMILES string of the molecule is CCOC(=O)c1cnc2c(ccc3ccccc32)c1NN. The number of hydrogen-bond acceptors (Lipinski definition) is 5. The van der Waals surface area contributed by atoms with Gasteiger partial charge in [-0.3, -0.25) is 10.8 Å². The van der Waals surface area contributed by atoms with E-state index in [1.54, 1.807) is 6.92 Å². The number of nitrogen functional groups attached to an aromatic ring is 1. The molecule has 0 aliphatic carbocycles. The van der Waals surface area contributed by atoms with Gasteiger partial charge in [0.2, 0.25) is 0 Å². The van der Waals surface area contributed by atoms with Gasteiger partial charge in [-0.15, -0.1) is 0 Å². The summed E-state index contributed by atoms with van der Waals surface area (Å²) in [6, 6.07) is 11.8. The minimum Gasteiger partial charge on any atom is -0.462 e. The van der Waals surface area contributed by atoms with Crippen molar-refractivity contribution in [3.8, 4) is 0 Å². The van der Waals surface area contributed by atoms with Crippen LogP contribution in [0.1, 0.15) is 17.3 Å². The van der Waals surface area contributed by atoms with E-state index in [-0.39, 0.29) is 0 Å². The van der Waals surface area contributed by atoms with Gasteiger partial charge in [-0.25, -0.2) is 4.79 Å². The first kappa shape index (κ1) is 13.3. The highest BCUT2D eigenvalue weighted by molar-refractivity contribution is 6.13. The Bertz CT molecular complexity index is 830. The van der Waals surface area contributed by atoms with Crippen molar-refractivity contribution in [1.29, 1.82) is 0 Å². The van der Waals surface area contributed by atoms with Crippen LogP contribution in [0.15, 0.2) is 42.6 Å². The second-order valence-electron chi connectivity index (χ2n) is 4.59. The second kappa shape index (κ2) is 5.38. The number of rotatable bonds is 3. The number of pyridine rings is 1. The van der Waals surface area contributed by atoms with Gasteiger partial charge in [0.15, 0.2) is 0 Å². The van der Waals surface area contributed by atoms with E-state index in [2.05, 4.69) is 10.4 Å². The third kappa shape index (κ3) is 2.17. The second-order valence-corrected chi connectivity index (χ2v) is 4.59. The Balaban J connectivity index is 2.31. The Morgan fingerprint density at radius 3 is 2.81 bits per heavy atom. The van der Waals surface area contributed by atoms with Crippen LogP contribution in [0.4, 0.5) is 5.69 Å². The molecular formula is C16H15N3O2. The number of ether oxygens (including phenoxy) is 1. The van der Waals surface area contributed by atoms with E-state index in [1.165, 1.54) is 6.20 Å². The molecule has 0 amide bonds. The molecule has 0 atom stereocenters. The zero-order chi connectivity index (χ0) is 14.8. The number of nitrogens with one attached hydrogen (secondary N) is 1. The van der Waals surface area contributed by atoms with Crippen LogP contribution in [0, 0.1) is 0 Å². The highest BCUT2D eigenvalue weighted by Gasteiger charge is 2.16. The van der Waals surface area contributed by atoms with Crippen LogP contribution in [0.2, 0.25) is 0 Å². The summed E-state index contributed by atoms with van der Waals surface area (Å²) in [5.74, 6) is 5.17. The molecule has 0 unspecified atom stereocenters. The third-order valence-electron chi connectivity index (χ3n) is 3.40. The number of benzene rings is 2. The molecular weight excluding hydrogens is 266 g/mol. The maximum absolute atomic E-state index is 12.0. The zero-order valence-corrected chi connectivity index (χ0v) is 11.6. The van der Waals surface area contributed by atoms with Crippen molar-refractivity contribution in [3.63, 3.8) is 0 Å². The van der Waals surface area contributed by atoms with Crippen molar-refractivity contribution in [2.24, 2.45) is 5.84 Å². The van der Waals surface area contributed by atoms with E-state index in [9.17, 15) is 4.79 Å². The van der Waals surface area contributed by atoms with Gasteiger partial charge in [0.25, 0.3) is 0 Å². The van der Waals surface area contributed by atoms with Gasteiger partial charge in [0.1, 0.15) is 5.56 Å². The molecule has 5 nitrogen and oxygen atoms in total. The van der Waals surface area contributed by atoms with Crippen molar-refractivity contribution in [3.05, 3.63) is 48.2 Å². The fourth-order valence-corrected chi connectivity index (χ4v) is 2.45. The van der Waals surface area contributed by atoms with E-state index in [0.717, 1.165) is 21.7 Å². The van der Waals surface area contributed by atoms with Gasteiger partial charge >= 0.3 is 5.97 Å². The highest BCUT2D eigenvalue weighted by Crippen LogP contribution is 2.30. The van der Waals surface area contributed by atoms with Crippen molar-refractivity contribution in [2.75, 3.05) is 12.0 Å². The van der Waals surface area contributed by atoms with E-state index in [0.29, 0.717) is 17.9 Å². The number of nitrogens with zero attached hydrogens (tertiary/aromatic N) is 1. The first-order valence-electron chi connectivity index (χ1n) is 6.70. The van der Waals surface area contributed by atoms with Crippen LogP contribution in [-0.2, 0) is 4.74 Å². The molecule has 0 fully saturated rings. The van der Waals surface area contributed by atoms with Crippen molar-refractivity contribution >= 4 is 33.3 Å². The fraction of sp³-hybridized carbons (Fsp3) is 0.125. The summed E-state index contributed by atoms with van der Waals surface area (Å²) in [5, 5.41) is 2.90. The van der Waals surface area contributed by atoms with E-state index < -0.39 is 5.97 Å². The number of hydrazine groups is 1. The van der Waals surface area contributed by atoms with Crippen LogP contribution in [0.5, 0.6) is 0 Å². The first-order valence-corrected chi connectivity index (χ1v) is 6.70. The van der Waals surface area contributed by atoms with Crippen LogP contribution in [0.3, 0.4) is 0 Å². The van der Waals surface area contributed by atoms with E-state index in [4.69, 9.17) is 10.6 Å². The summed E-state index contributed by atoms with van der Waals surface area (Å²) < 4.78 is 5.03. The lowest BCUT2D eigenvalue weighted by Crippen LogP contribution is -2.15. The highest BCUT2D eigenvalue weighted by atomic mass is 16.5. The first-order chi connectivity index (χ1) is 10.3. The molecule has 3 N–H and O–H groups in total. The number of esters is 1. The molecule has 0 spiro atoms. The summed E-state index contributed by atoms with van der Waals surface area (Å²) in [4.78, 5) is 16.4. The summed E-state index contributed by atoms with van der Waals surface area (Å²) in [5.41, 5.74) is 4.27. The molecule has 3 aromatic rings. The third-order valence-corrected chi connectivity index (χ3v) is 3.40. The van der Waals surface area contributed by atoms with Crippen molar-refractivity contribution in [1.82, 2.24) is 4.98 Å². The van der Waals surface area contributed by atoms with Crippen LogP contribution < -0.4 is 11.3 Å². The molecule has 2 aromatic carbocycles. The Kier molecular flexibility index (Phi) is 3.41. The molecule has 0 saturated heterocycles. The maximum atomic E-state index is 12.0. The minimum atomic E-state index is -0.437. The normalized spacial score (nSPS) is 10.8. The Morgan fingerprint density at radius 2 is 2.05 bits per heavy atom. The zero-order valence-electron chi connectivity index (χ0n) is 11.6. The van der Waals surface area contributed by atoms with Crippen molar-refractivity contribution in [2.45, 2.75) is 6.92 Å². The molecule has 5 heteroatoms. The number of aromatic nitrogens is 1. The molecule has 0 saturated carbocycles. The summed E-state index contributed by atoms with van der Waals surface area (Å²) in [6.45, 7) is 2.06. The van der Waals surface area contributed by atoms with Gasteiger partial charge in [0.05, 0.1) is 17.8 Å². The molecule has 1 heterocycles. The lowest BCUT2D eigenvalue weighted by atomic mass is 10.0. The Labute approximate surface area is 121 Å². The molecule has 106 valence electrons. The number of nitrogens with two attached hydrogens (primary N) is 1. The Morgan fingerprint density at radius 1 is 1.24 bits per heavy atom. The minimum absolute atomic E-state index is 0.304. The van der Waals surface area contributed by atoms with Gasteiger partial charge in [-0.2, -0.15) is 0 Å². The van der Waals surface area contributed by atoms with Crippen LogP contribution in [-0.4, -0.2) is 17.6 Å². The largest absolute Gasteiger partial charge is 0.462 e. The predicted octanol–water partition coefficient (Wildman–Crippen LogP) is 2.85. The fourth-order valence-electron chi connectivity index (χ4n) is 2.45. The molecule has 0 radical (unpaired) electrons. The predicted molar refractivity (Wildman–Crippen MR) is 83.0 cm³/mol. The number of carbonyl (C=O) groups is 1. The molecule has 3 rings (SSSR count). The van der Waals surface area contributed by atoms with Crippen molar-refractivity contribution < 1.29 is 9.53 Å². The van der Waals surface area contributed by atoms with E-state index in [1.807, 2.05) is 36.4 Å². The summed E-state index contributed by atoms with van der Waals surface area (Å²) in [6.07, 6.45) is 1.50. The number of hydrogen-bond donors (Lipinski definition) is 2. The monoisotopic (exact) mass is 281 g/mol. The van der Waals surface area contributed by atoms with Crippen LogP contribution in [0.25, 0.3) is 21.7 Å². The van der Waals surface area contributed by atoms with Gasteiger partial charge in [0, 0.05) is 17.0 Å². The standard InChI is InChI=1S/C16H15N3O2/c1-2-21-16(20)13-9-18-14-11-6-4-3-5-10(11)7-8-12(14)15(13)19-17/h3-9H,2,17H2,1H3,(H,18,19). The molecule has 21 heavy (non-hydrogen) atoms. The lowest BCUT2D eigenvalue weighted by molar-refractivity contribution is 0.0527. The quantitative estimate of drug-likeness (QED) is 0.334. The molecule has 0 aliphatic rings.